The fraction of sp³-hybridized carbons (Fsp3) is 0.920. The lowest BCUT2D eigenvalue weighted by Crippen LogP contribution is -2.46. The average molecular weight is 424 g/mol. The quantitative estimate of drug-likeness (QED) is 0.499. The van der Waals surface area contributed by atoms with Gasteiger partial charge in [0.25, 0.3) is 0 Å². The van der Waals surface area contributed by atoms with Crippen molar-refractivity contribution in [2.45, 2.75) is 105 Å². The van der Waals surface area contributed by atoms with Crippen molar-refractivity contribution in [2.75, 3.05) is 7.05 Å². The van der Waals surface area contributed by atoms with Crippen LogP contribution in [0.2, 0.25) is 0 Å². The van der Waals surface area contributed by atoms with E-state index >= 15 is 0 Å². The molecule has 2 aliphatic rings. The van der Waals surface area contributed by atoms with Gasteiger partial charge in [-0.25, -0.2) is 9.59 Å². The summed E-state index contributed by atoms with van der Waals surface area (Å²) in [5.41, 5.74) is 0. The molecule has 0 aliphatic heterocycles. The van der Waals surface area contributed by atoms with Crippen molar-refractivity contribution in [1.82, 2.24) is 4.90 Å². The first kappa shape index (κ1) is 25.0. The van der Waals surface area contributed by atoms with Gasteiger partial charge in [-0.3, -0.25) is 4.90 Å². The van der Waals surface area contributed by atoms with Gasteiger partial charge in [-0.1, -0.05) is 48.0 Å². The fourth-order valence-electron chi connectivity index (χ4n) is 5.11. The Balaban J connectivity index is 1.93. The van der Waals surface area contributed by atoms with Crippen LogP contribution in [-0.2, 0) is 14.3 Å². The van der Waals surface area contributed by atoms with Crippen LogP contribution >= 0.6 is 0 Å². The maximum absolute atomic E-state index is 12.8. The molecule has 0 aromatic carbocycles. The highest BCUT2D eigenvalue weighted by Gasteiger charge is 2.37. The molecule has 0 N–H and O–H groups in total. The molecule has 0 radical (unpaired) electrons. The van der Waals surface area contributed by atoms with Gasteiger partial charge in [0.05, 0.1) is 0 Å². The van der Waals surface area contributed by atoms with E-state index in [1.165, 1.54) is 17.7 Å². The number of carbonyl (C=O) groups excluding carboxylic acids is 2. The van der Waals surface area contributed by atoms with Crippen LogP contribution in [0.3, 0.4) is 0 Å². The van der Waals surface area contributed by atoms with Crippen LogP contribution in [0.1, 0.15) is 87.0 Å². The molecule has 2 fully saturated rings. The third-order valence-corrected chi connectivity index (χ3v) is 7.80. The second-order valence-corrected chi connectivity index (χ2v) is 10.8. The number of amides is 1. The Morgan fingerprint density at radius 3 is 2.10 bits per heavy atom. The molecule has 5 heteroatoms. The van der Waals surface area contributed by atoms with Crippen molar-refractivity contribution >= 4 is 12.1 Å². The van der Waals surface area contributed by atoms with E-state index in [1.807, 2.05) is 0 Å². The minimum atomic E-state index is -0.650. The molecular formula is C25H45NO4. The first-order valence-electron chi connectivity index (χ1n) is 12.1. The lowest BCUT2D eigenvalue weighted by Gasteiger charge is -2.38. The molecule has 0 bridgehead atoms. The Hall–Kier alpha value is -1.26. The highest BCUT2D eigenvalue weighted by molar-refractivity contribution is 5.81. The maximum Gasteiger partial charge on any atom is 0.410 e. The standard InChI is InChI=1S/C25H45NO4/c1-15(2)20-11-10-18(6)22(14-20)29-24(27)19(7)26(8)25(28)30-23-13-17(5)9-12-21(23)16(3)4/h15-23H,9-14H2,1-8H3. The molecule has 0 aromatic heterocycles. The highest BCUT2D eigenvalue weighted by atomic mass is 16.6. The monoisotopic (exact) mass is 423 g/mol. The van der Waals surface area contributed by atoms with Crippen molar-refractivity contribution in [3.63, 3.8) is 0 Å². The molecule has 5 nitrogen and oxygen atoms in total. The van der Waals surface area contributed by atoms with Crippen LogP contribution in [-0.4, -0.2) is 42.3 Å². The Labute approximate surface area is 184 Å². The molecule has 0 spiro atoms. The number of ether oxygens (including phenoxy) is 2. The summed E-state index contributed by atoms with van der Waals surface area (Å²) in [6.45, 7) is 15.0. The normalized spacial score (nSPS) is 33.3. The zero-order chi connectivity index (χ0) is 22.6. The number of likely N-dealkylation sites (N-methyl/N-ethyl adjacent to an activating group) is 1. The Morgan fingerprint density at radius 1 is 0.833 bits per heavy atom. The summed E-state index contributed by atoms with van der Waals surface area (Å²) in [4.78, 5) is 27.1. The van der Waals surface area contributed by atoms with Gasteiger partial charge in [-0.2, -0.15) is 0 Å². The Kier molecular flexibility index (Phi) is 9.05. The van der Waals surface area contributed by atoms with Gasteiger partial charge in [0, 0.05) is 7.05 Å². The highest BCUT2D eigenvalue weighted by Crippen LogP contribution is 2.36. The number of esters is 1. The molecule has 1 amide bonds. The first-order chi connectivity index (χ1) is 14.0. The van der Waals surface area contributed by atoms with Crippen LogP contribution in [0, 0.1) is 35.5 Å². The van der Waals surface area contributed by atoms with E-state index in [0.29, 0.717) is 35.5 Å². The smallest absolute Gasteiger partial charge is 0.410 e. The molecule has 0 heterocycles. The molecule has 174 valence electrons. The maximum atomic E-state index is 12.8. The van der Waals surface area contributed by atoms with Crippen LogP contribution in [0.15, 0.2) is 0 Å². The minimum Gasteiger partial charge on any atom is -0.461 e. The molecule has 7 atom stereocenters. The van der Waals surface area contributed by atoms with Crippen molar-refractivity contribution < 1.29 is 19.1 Å². The van der Waals surface area contributed by atoms with Crippen molar-refractivity contribution in [2.24, 2.45) is 35.5 Å². The first-order valence-corrected chi connectivity index (χ1v) is 12.1. The third-order valence-electron chi connectivity index (χ3n) is 7.80. The summed E-state index contributed by atoms with van der Waals surface area (Å²) in [6.07, 6.45) is 5.84. The number of rotatable bonds is 6. The van der Waals surface area contributed by atoms with E-state index in [9.17, 15) is 9.59 Å². The minimum absolute atomic E-state index is 0.0602. The second kappa shape index (κ2) is 10.9. The van der Waals surface area contributed by atoms with E-state index in [4.69, 9.17) is 9.47 Å². The van der Waals surface area contributed by atoms with E-state index in [2.05, 4.69) is 41.5 Å². The van der Waals surface area contributed by atoms with Crippen molar-refractivity contribution in [3.8, 4) is 0 Å². The Bertz CT molecular complexity index is 575. The van der Waals surface area contributed by atoms with Crippen LogP contribution < -0.4 is 0 Å². The molecule has 0 saturated heterocycles. The van der Waals surface area contributed by atoms with Gasteiger partial charge in [0.2, 0.25) is 0 Å². The summed E-state index contributed by atoms with van der Waals surface area (Å²) in [6, 6.07) is -0.650. The fourth-order valence-corrected chi connectivity index (χ4v) is 5.11. The topological polar surface area (TPSA) is 55.8 Å². The molecule has 2 rings (SSSR count). The Morgan fingerprint density at radius 2 is 1.50 bits per heavy atom. The zero-order valence-electron chi connectivity index (χ0n) is 20.5. The molecular weight excluding hydrogens is 378 g/mol. The van der Waals surface area contributed by atoms with Gasteiger partial charge < -0.3 is 9.47 Å². The van der Waals surface area contributed by atoms with Crippen LogP contribution in [0.25, 0.3) is 0 Å². The van der Waals surface area contributed by atoms with Crippen LogP contribution in [0.5, 0.6) is 0 Å². The van der Waals surface area contributed by atoms with Crippen molar-refractivity contribution in [1.29, 1.82) is 0 Å². The lowest BCUT2D eigenvalue weighted by atomic mass is 9.75. The van der Waals surface area contributed by atoms with E-state index in [-0.39, 0.29) is 18.2 Å². The number of hydrogen-bond acceptors (Lipinski definition) is 4. The largest absolute Gasteiger partial charge is 0.461 e. The molecule has 2 aliphatic carbocycles. The zero-order valence-corrected chi connectivity index (χ0v) is 20.5. The molecule has 30 heavy (non-hydrogen) atoms. The summed E-state index contributed by atoms with van der Waals surface area (Å²) >= 11 is 0. The number of hydrogen-bond donors (Lipinski definition) is 0. The SMILES string of the molecule is CC1CCC(C(C)C)C(OC(=O)N(C)C(C)C(=O)OC2CC(C(C)C)CCC2C)C1. The third kappa shape index (κ3) is 6.37. The second-order valence-electron chi connectivity index (χ2n) is 10.8. The van der Waals surface area contributed by atoms with Gasteiger partial charge in [0.15, 0.2) is 0 Å². The van der Waals surface area contributed by atoms with Crippen molar-refractivity contribution in [3.05, 3.63) is 0 Å². The molecule has 2 saturated carbocycles. The van der Waals surface area contributed by atoms with E-state index < -0.39 is 12.1 Å². The summed E-state index contributed by atoms with van der Waals surface area (Å²) < 4.78 is 11.8. The molecule has 7 unspecified atom stereocenters. The van der Waals surface area contributed by atoms with E-state index in [1.54, 1.807) is 14.0 Å². The van der Waals surface area contributed by atoms with Gasteiger partial charge in [-0.05, 0) is 74.5 Å². The summed E-state index contributed by atoms with van der Waals surface area (Å²) in [5.74, 6) is 2.66. The molecule has 0 aromatic rings. The predicted octanol–water partition coefficient (Wildman–Crippen LogP) is 5.91. The number of nitrogens with zero attached hydrogens (tertiary/aromatic N) is 1. The summed E-state index contributed by atoms with van der Waals surface area (Å²) in [5, 5.41) is 0. The predicted molar refractivity (Wildman–Crippen MR) is 120 cm³/mol. The van der Waals surface area contributed by atoms with Gasteiger partial charge in [0.1, 0.15) is 18.2 Å². The number of carbonyl (C=O) groups is 2. The van der Waals surface area contributed by atoms with Crippen LogP contribution in [0.4, 0.5) is 4.79 Å². The van der Waals surface area contributed by atoms with E-state index in [0.717, 1.165) is 25.7 Å². The summed E-state index contributed by atoms with van der Waals surface area (Å²) in [7, 11) is 1.64. The average Bonchev–Trinajstić information content (AvgIpc) is 2.67. The van der Waals surface area contributed by atoms with Gasteiger partial charge in [-0.15, -0.1) is 0 Å². The van der Waals surface area contributed by atoms with Gasteiger partial charge >= 0.3 is 12.1 Å². The lowest BCUT2D eigenvalue weighted by molar-refractivity contribution is -0.159.